The number of hydrogen-bond donors (Lipinski definition) is 3. The number of nitrogens with one attached hydrogen (secondary N) is 3. The van der Waals surface area contributed by atoms with Crippen molar-refractivity contribution in [3.63, 3.8) is 0 Å². The summed E-state index contributed by atoms with van der Waals surface area (Å²) in [5, 5.41) is 9.12. The molecule has 3 N–H and O–H groups in total. The van der Waals surface area contributed by atoms with Crippen LogP contribution in [0.15, 0.2) is 40.0 Å². The molecule has 0 saturated heterocycles. The minimum absolute atomic E-state index is 0.0314. The van der Waals surface area contributed by atoms with E-state index in [1.807, 2.05) is 32.9 Å². The Balaban J connectivity index is 2.60. The first-order chi connectivity index (χ1) is 10.8. The summed E-state index contributed by atoms with van der Waals surface area (Å²) in [6, 6.07) is 3.81. The van der Waals surface area contributed by atoms with E-state index in [0.29, 0.717) is 25.6 Å². The van der Waals surface area contributed by atoms with E-state index < -0.39 is 5.41 Å². The Kier molecular flexibility index (Phi) is 7.38. The minimum Gasteiger partial charge on any atom is -0.469 e. The maximum atomic E-state index is 11.8. The minimum atomic E-state index is -0.562. The molecular weight excluding hydrogens is 292 g/mol. The highest BCUT2D eigenvalue weighted by Crippen LogP contribution is 2.15. The number of furan rings is 1. The van der Waals surface area contributed by atoms with Gasteiger partial charge in [-0.25, -0.2) is 0 Å². The van der Waals surface area contributed by atoms with Gasteiger partial charge < -0.3 is 20.4 Å². The van der Waals surface area contributed by atoms with Gasteiger partial charge in [0.25, 0.3) is 0 Å². The first-order valence-corrected chi connectivity index (χ1v) is 7.76. The molecule has 1 amide bonds. The van der Waals surface area contributed by atoms with Crippen LogP contribution >= 0.6 is 0 Å². The van der Waals surface area contributed by atoms with Crippen LogP contribution in [0.25, 0.3) is 0 Å². The fourth-order valence-electron chi connectivity index (χ4n) is 1.85. The number of rotatable bonds is 8. The highest BCUT2D eigenvalue weighted by Gasteiger charge is 2.26. The molecule has 0 radical (unpaired) electrons. The Labute approximate surface area is 138 Å². The zero-order valence-corrected chi connectivity index (χ0v) is 14.5. The smallest absolute Gasteiger partial charge is 0.227 e. The molecule has 0 spiro atoms. The third-order valence-corrected chi connectivity index (χ3v) is 3.28. The maximum Gasteiger partial charge on any atom is 0.227 e. The monoisotopic (exact) mass is 320 g/mol. The summed E-state index contributed by atoms with van der Waals surface area (Å²) < 4.78 is 5.31. The van der Waals surface area contributed by atoms with Gasteiger partial charge in [-0.2, -0.15) is 0 Å². The Morgan fingerprint density at radius 3 is 2.70 bits per heavy atom. The van der Waals surface area contributed by atoms with Gasteiger partial charge >= 0.3 is 0 Å². The molecule has 128 valence electrons. The van der Waals surface area contributed by atoms with Gasteiger partial charge in [-0.05, 0) is 32.9 Å². The van der Waals surface area contributed by atoms with E-state index in [-0.39, 0.29) is 5.91 Å². The molecule has 0 aliphatic carbocycles. The molecule has 1 aromatic rings. The molecule has 1 heterocycles. The van der Waals surface area contributed by atoms with Crippen molar-refractivity contribution < 1.29 is 9.21 Å². The first-order valence-electron chi connectivity index (χ1n) is 7.76. The molecule has 0 unspecified atom stereocenters. The number of carbonyl (C=O) groups excluding carboxylic acids is 1. The zero-order valence-electron chi connectivity index (χ0n) is 14.5. The van der Waals surface area contributed by atoms with Gasteiger partial charge in [-0.3, -0.25) is 9.79 Å². The van der Waals surface area contributed by atoms with E-state index in [2.05, 4.69) is 27.5 Å². The summed E-state index contributed by atoms with van der Waals surface area (Å²) >= 11 is 0. The number of carbonyl (C=O) groups is 1. The Hall–Kier alpha value is -2.24. The number of hydrogen-bond acceptors (Lipinski definition) is 3. The summed E-state index contributed by atoms with van der Waals surface area (Å²) in [7, 11) is 1.63. The van der Waals surface area contributed by atoms with Gasteiger partial charge in [0.2, 0.25) is 5.91 Å². The molecule has 1 rings (SSSR count). The van der Waals surface area contributed by atoms with Crippen LogP contribution in [-0.4, -0.2) is 38.5 Å². The van der Waals surface area contributed by atoms with Crippen molar-refractivity contribution in [3.8, 4) is 0 Å². The second-order valence-electron chi connectivity index (χ2n) is 6.19. The van der Waals surface area contributed by atoms with Crippen molar-refractivity contribution in [2.75, 3.05) is 26.7 Å². The van der Waals surface area contributed by atoms with Crippen molar-refractivity contribution in [2.24, 2.45) is 10.4 Å². The van der Waals surface area contributed by atoms with E-state index in [0.717, 1.165) is 17.8 Å². The molecule has 0 bridgehead atoms. The van der Waals surface area contributed by atoms with Crippen molar-refractivity contribution in [3.05, 3.63) is 36.3 Å². The highest BCUT2D eigenvalue weighted by molar-refractivity contribution is 5.83. The third-order valence-electron chi connectivity index (χ3n) is 3.28. The summed E-state index contributed by atoms with van der Waals surface area (Å²) in [4.78, 5) is 16.4. The number of amides is 1. The summed E-state index contributed by atoms with van der Waals surface area (Å²) in [5.41, 5.74) is 0.448. The largest absolute Gasteiger partial charge is 0.469 e. The standard InChI is InChI=1S/C17H28N4O2/c1-13(2)11-20-16(19-9-8-14-7-6-10-23-14)21-12-17(3,4)15(22)18-5/h6-7,10H,1,8-9,11-12H2,2-5H3,(H,18,22)(H2,19,20,21). The second-order valence-corrected chi connectivity index (χ2v) is 6.19. The van der Waals surface area contributed by atoms with Crippen LogP contribution in [0.5, 0.6) is 0 Å². The molecule has 6 nitrogen and oxygen atoms in total. The van der Waals surface area contributed by atoms with Gasteiger partial charge in [0.1, 0.15) is 5.76 Å². The van der Waals surface area contributed by atoms with Crippen molar-refractivity contribution >= 4 is 11.9 Å². The van der Waals surface area contributed by atoms with E-state index >= 15 is 0 Å². The van der Waals surface area contributed by atoms with Crippen LogP contribution in [0.1, 0.15) is 26.5 Å². The van der Waals surface area contributed by atoms with Crippen LogP contribution < -0.4 is 16.0 Å². The Morgan fingerprint density at radius 1 is 1.39 bits per heavy atom. The SMILES string of the molecule is C=C(C)CNC(=NCC(C)(C)C(=O)NC)NCCc1ccco1. The number of guanidine groups is 1. The second kappa shape index (κ2) is 9.02. The number of aliphatic imine (C=N–C) groups is 1. The average molecular weight is 320 g/mol. The fraction of sp³-hybridized carbons (Fsp3) is 0.529. The molecule has 23 heavy (non-hydrogen) atoms. The van der Waals surface area contributed by atoms with Crippen LogP contribution in [-0.2, 0) is 11.2 Å². The van der Waals surface area contributed by atoms with Crippen molar-refractivity contribution in [1.29, 1.82) is 0 Å². The van der Waals surface area contributed by atoms with E-state index in [9.17, 15) is 4.79 Å². The number of nitrogens with zero attached hydrogens (tertiary/aromatic N) is 1. The summed E-state index contributed by atoms with van der Waals surface area (Å²) in [6.07, 6.45) is 2.43. The fourth-order valence-corrected chi connectivity index (χ4v) is 1.85. The van der Waals surface area contributed by atoms with Crippen LogP contribution in [0, 0.1) is 5.41 Å². The molecule has 1 aromatic heterocycles. The molecule has 0 fully saturated rings. The van der Waals surface area contributed by atoms with E-state index in [1.54, 1.807) is 13.3 Å². The van der Waals surface area contributed by atoms with Gasteiger partial charge in [-0.1, -0.05) is 12.2 Å². The maximum absolute atomic E-state index is 11.8. The van der Waals surface area contributed by atoms with Crippen molar-refractivity contribution in [1.82, 2.24) is 16.0 Å². The van der Waals surface area contributed by atoms with Gasteiger partial charge in [0.05, 0.1) is 18.2 Å². The first kappa shape index (κ1) is 18.8. The Morgan fingerprint density at radius 2 is 2.13 bits per heavy atom. The Bertz CT molecular complexity index is 533. The van der Waals surface area contributed by atoms with Crippen LogP contribution in [0.4, 0.5) is 0 Å². The van der Waals surface area contributed by atoms with Gasteiger partial charge in [0.15, 0.2) is 5.96 Å². The topological polar surface area (TPSA) is 78.7 Å². The molecule has 0 aliphatic rings. The summed E-state index contributed by atoms with van der Waals surface area (Å²) in [5.74, 6) is 1.55. The average Bonchev–Trinajstić information content (AvgIpc) is 3.01. The molecule has 0 aliphatic heterocycles. The predicted octanol–water partition coefficient (Wildman–Crippen LogP) is 1.71. The zero-order chi connectivity index (χ0) is 17.3. The lowest BCUT2D eigenvalue weighted by Crippen LogP contribution is -2.42. The normalized spacial score (nSPS) is 11.9. The van der Waals surface area contributed by atoms with Crippen LogP contribution in [0.3, 0.4) is 0 Å². The van der Waals surface area contributed by atoms with Crippen LogP contribution in [0.2, 0.25) is 0 Å². The summed E-state index contributed by atoms with van der Waals surface area (Å²) in [6.45, 7) is 11.3. The van der Waals surface area contributed by atoms with Gasteiger partial charge in [-0.15, -0.1) is 0 Å². The molecule has 0 aromatic carbocycles. The predicted molar refractivity (Wildman–Crippen MR) is 93.4 cm³/mol. The molecule has 6 heteroatoms. The lowest BCUT2D eigenvalue weighted by atomic mass is 9.93. The van der Waals surface area contributed by atoms with E-state index in [1.165, 1.54) is 0 Å². The highest BCUT2D eigenvalue weighted by atomic mass is 16.3. The lowest BCUT2D eigenvalue weighted by molar-refractivity contribution is -0.128. The molecule has 0 saturated carbocycles. The molecule has 0 atom stereocenters. The quantitative estimate of drug-likeness (QED) is 0.387. The van der Waals surface area contributed by atoms with Crippen molar-refractivity contribution in [2.45, 2.75) is 27.2 Å². The molecular formula is C17H28N4O2. The van der Waals surface area contributed by atoms with E-state index in [4.69, 9.17) is 4.42 Å². The lowest BCUT2D eigenvalue weighted by Gasteiger charge is -2.21. The third kappa shape index (κ3) is 7.04. The van der Waals surface area contributed by atoms with Gasteiger partial charge in [0, 0.05) is 26.6 Å².